The highest BCUT2D eigenvalue weighted by atomic mass is 32.1. The normalized spacial score (nSPS) is 10.3. The molecule has 0 saturated heterocycles. The summed E-state index contributed by atoms with van der Waals surface area (Å²) in [6.45, 7) is 2.98. The van der Waals surface area contributed by atoms with E-state index >= 15 is 0 Å². The van der Waals surface area contributed by atoms with Crippen LogP contribution in [0.5, 0.6) is 0 Å². The summed E-state index contributed by atoms with van der Waals surface area (Å²) in [5.74, 6) is -1.33. The van der Waals surface area contributed by atoms with Gasteiger partial charge in [0.1, 0.15) is 16.6 Å². The minimum atomic E-state index is -1.06. The Hall–Kier alpha value is -3.20. The van der Waals surface area contributed by atoms with Gasteiger partial charge in [-0.2, -0.15) is 20.2 Å². The van der Waals surface area contributed by atoms with Gasteiger partial charge >= 0.3 is 0 Å². The molecule has 0 unspecified atom stereocenters. The Morgan fingerprint density at radius 3 is 2.50 bits per heavy atom. The fourth-order valence-corrected chi connectivity index (χ4v) is 3.06. The van der Waals surface area contributed by atoms with Crippen molar-refractivity contribution in [2.75, 3.05) is 5.32 Å². The molecule has 0 saturated carbocycles. The number of anilines is 1. The number of carbonyl (C=O) groups is 1. The smallest absolute Gasteiger partial charge is 0.222 e. The number of amides is 1. The maximum absolute atomic E-state index is 11.3. The first-order valence-corrected chi connectivity index (χ1v) is 7.94. The molecule has 11 heteroatoms. The molecule has 118 valence electrons. The zero-order valence-electron chi connectivity index (χ0n) is 12.4. The van der Waals surface area contributed by atoms with E-state index in [1.807, 2.05) is 18.2 Å². The third-order valence-electron chi connectivity index (χ3n) is 2.61. The first-order chi connectivity index (χ1) is 11.5. The second kappa shape index (κ2) is 7.38. The van der Waals surface area contributed by atoms with Gasteiger partial charge in [-0.25, -0.2) is 4.98 Å². The molecule has 0 bridgehead atoms. The van der Waals surface area contributed by atoms with Crippen molar-refractivity contribution in [3.8, 4) is 18.2 Å². The summed E-state index contributed by atoms with van der Waals surface area (Å²) in [6.07, 6.45) is 0. The predicted octanol–water partition coefficient (Wildman–Crippen LogP) is 3.28. The molecule has 0 aromatic carbocycles. The summed E-state index contributed by atoms with van der Waals surface area (Å²) in [6, 6.07) is 5.61. The van der Waals surface area contributed by atoms with Gasteiger partial charge in [0.25, 0.3) is 0 Å². The molecule has 2 aromatic heterocycles. The second-order valence-electron chi connectivity index (χ2n) is 4.34. The van der Waals surface area contributed by atoms with Crippen molar-refractivity contribution in [2.45, 2.75) is 19.8 Å². The van der Waals surface area contributed by atoms with Crippen molar-refractivity contribution in [1.82, 2.24) is 9.36 Å². The molecule has 24 heavy (non-hydrogen) atoms. The van der Waals surface area contributed by atoms with Gasteiger partial charge in [0, 0.05) is 6.92 Å². The second-order valence-corrected chi connectivity index (χ2v) is 6.10. The molecule has 0 atom stereocenters. The highest BCUT2D eigenvalue weighted by Crippen LogP contribution is 2.37. The molecule has 0 aliphatic carbocycles. The zero-order valence-corrected chi connectivity index (χ0v) is 14.1. The minimum absolute atomic E-state index is 0.112. The lowest BCUT2D eigenvalue weighted by molar-refractivity contribution is -0.114. The first kappa shape index (κ1) is 17.2. The van der Waals surface area contributed by atoms with Crippen LogP contribution in [0.4, 0.5) is 15.8 Å². The van der Waals surface area contributed by atoms with E-state index in [1.54, 1.807) is 6.92 Å². The lowest BCUT2D eigenvalue weighted by Crippen LogP contribution is -2.06. The van der Waals surface area contributed by atoms with Crippen LogP contribution < -0.4 is 5.32 Å². The maximum Gasteiger partial charge on any atom is 0.222 e. The molecule has 2 heterocycles. The number of nitrogens with zero attached hydrogens (tertiary/aromatic N) is 7. The van der Waals surface area contributed by atoms with E-state index in [1.165, 1.54) is 6.92 Å². The summed E-state index contributed by atoms with van der Waals surface area (Å²) < 4.78 is 4.03. The van der Waals surface area contributed by atoms with E-state index in [4.69, 9.17) is 15.8 Å². The number of hydrogen-bond donors (Lipinski definition) is 1. The topological polar surface area (TPSA) is 151 Å². The van der Waals surface area contributed by atoms with Crippen LogP contribution >= 0.6 is 22.9 Å². The average molecular weight is 356 g/mol. The maximum atomic E-state index is 11.3. The SMILES string of the molecule is CC(=O)Nc1nc(C(C#N)C#N)sc1N=Nc1snc(C)c1C#N. The first-order valence-electron chi connectivity index (χ1n) is 6.35. The average Bonchev–Trinajstić information content (AvgIpc) is 3.09. The van der Waals surface area contributed by atoms with Crippen LogP contribution in [0, 0.1) is 40.9 Å². The molecular formula is C13H8N8OS2. The summed E-state index contributed by atoms with van der Waals surface area (Å²) in [5.41, 5.74) is 0.874. The Balaban J connectivity index is 2.43. The number of nitrogens with one attached hydrogen (secondary N) is 1. The Morgan fingerprint density at radius 1 is 1.25 bits per heavy atom. The van der Waals surface area contributed by atoms with Crippen LogP contribution in [0.3, 0.4) is 0 Å². The van der Waals surface area contributed by atoms with Crippen molar-refractivity contribution >= 4 is 44.6 Å². The minimum Gasteiger partial charge on any atom is -0.308 e. The van der Waals surface area contributed by atoms with E-state index in [0.29, 0.717) is 16.3 Å². The molecule has 0 aliphatic heterocycles. The van der Waals surface area contributed by atoms with E-state index in [0.717, 1.165) is 22.9 Å². The van der Waals surface area contributed by atoms with Gasteiger partial charge < -0.3 is 5.32 Å². The molecule has 1 N–H and O–H groups in total. The molecule has 0 aliphatic rings. The Kier molecular flexibility index (Phi) is 5.27. The van der Waals surface area contributed by atoms with E-state index in [9.17, 15) is 4.79 Å². The van der Waals surface area contributed by atoms with Gasteiger partial charge in [0.15, 0.2) is 21.7 Å². The van der Waals surface area contributed by atoms with E-state index < -0.39 is 5.92 Å². The largest absolute Gasteiger partial charge is 0.308 e. The molecule has 0 fully saturated rings. The van der Waals surface area contributed by atoms with Crippen molar-refractivity contribution in [2.24, 2.45) is 10.2 Å². The summed E-state index contributed by atoms with van der Waals surface area (Å²) in [5, 5.41) is 38.2. The van der Waals surface area contributed by atoms with Gasteiger partial charge in [-0.15, -0.1) is 10.2 Å². The Bertz CT molecular complexity index is 923. The third-order valence-corrected chi connectivity index (χ3v) is 4.44. The molecular weight excluding hydrogens is 348 g/mol. The predicted molar refractivity (Wildman–Crippen MR) is 86.1 cm³/mol. The monoisotopic (exact) mass is 356 g/mol. The number of aryl methyl sites for hydroxylation is 1. The lowest BCUT2D eigenvalue weighted by atomic mass is 10.2. The van der Waals surface area contributed by atoms with Crippen LogP contribution in [0.2, 0.25) is 0 Å². The molecule has 0 spiro atoms. The Morgan fingerprint density at radius 2 is 1.92 bits per heavy atom. The van der Waals surface area contributed by atoms with Gasteiger partial charge in [-0.3, -0.25) is 4.79 Å². The van der Waals surface area contributed by atoms with Gasteiger partial charge in [0.05, 0.1) is 17.8 Å². The van der Waals surface area contributed by atoms with Gasteiger partial charge in [-0.1, -0.05) is 11.3 Å². The highest BCUT2D eigenvalue weighted by Gasteiger charge is 2.20. The van der Waals surface area contributed by atoms with Crippen LogP contribution in [0.15, 0.2) is 10.2 Å². The zero-order chi connectivity index (χ0) is 17.7. The Labute approximate surface area is 144 Å². The van der Waals surface area contributed by atoms with Crippen LogP contribution in [-0.2, 0) is 4.79 Å². The highest BCUT2D eigenvalue weighted by molar-refractivity contribution is 7.16. The van der Waals surface area contributed by atoms with Crippen LogP contribution in [-0.4, -0.2) is 15.3 Å². The van der Waals surface area contributed by atoms with E-state index in [2.05, 4.69) is 24.9 Å². The number of aromatic nitrogens is 2. The lowest BCUT2D eigenvalue weighted by Gasteiger charge is -1.96. The van der Waals surface area contributed by atoms with Gasteiger partial charge in [-0.05, 0) is 18.5 Å². The van der Waals surface area contributed by atoms with E-state index in [-0.39, 0.29) is 21.7 Å². The quantitative estimate of drug-likeness (QED) is 0.830. The summed E-state index contributed by atoms with van der Waals surface area (Å²) in [4.78, 5) is 15.3. The fourth-order valence-electron chi connectivity index (χ4n) is 1.55. The number of thiazole rings is 1. The van der Waals surface area contributed by atoms with Crippen molar-refractivity contribution in [3.63, 3.8) is 0 Å². The summed E-state index contributed by atoms with van der Waals surface area (Å²) >= 11 is 1.99. The number of rotatable bonds is 4. The fraction of sp³-hybridized carbons (Fsp3) is 0.231. The van der Waals surface area contributed by atoms with Crippen molar-refractivity contribution in [1.29, 1.82) is 15.8 Å². The number of hydrogen-bond acceptors (Lipinski definition) is 10. The molecule has 9 nitrogen and oxygen atoms in total. The number of nitriles is 3. The molecule has 2 rings (SSSR count). The molecule has 0 radical (unpaired) electrons. The number of azo groups is 1. The van der Waals surface area contributed by atoms with Crippen LogP contribution in [0.1, 0.15) is 29.1 Å². The standard InChI is InChI=1S/C13H8N8OS2/c1-6-9(5-16)12(24-21-6)19-20-13-10(17-7(2)22)18-11(23-13)8(3-14)4-15/h8H,1-2H3,(H,17,22). The third kappa shape index (κ3) is 3.58. The molecule has 2 aromatic rings. The van der Waals surface area contributed by atoms with Crippen LogP contribution in [0.25, 0.3) is 0 Å². The molecule has 1 amide bonds. The van der Waals surface area contributed by atoms with Crippen molar-refractivity contribution in [3.05, 3.63) is 16.3 Å². The van der Waals surface area contributed by atoms with Gasteiger partial charge in [0.2, 0.25) is 5.91 Å². The number of carbonyl (C=O) groups excluding carboxylic acids is 1. The summed E-state index contributed by atoms with van der Waals surface area (Å²) in [7, 11) is 0. The van der Waals surface area contributed by atoms with Crippen molar-refractivity contribution < 1.29 is 4.79 Å².